The monoisotopic (exact) mass is 287 g/mol. The molecule has 0 aliphatic rings. The first-order chi connectivity index (χ1) is 10.2. The predicted molar refractivity (Wildman–Crippen MR) is 84.7 cm³/mol. The molecule has 21 heavy (non-hydrogen) atoms. The fourth-order valence-electron chi connectivity index (χ4n) is 2.22. The summed E-state index contributed by atoms with van der Waals surface area (Å²) in [6.45, 7) is 6.15. The van der Waals surface area contributed by atoms with Crippen molar-refractivity contribution in [2.75, 3.05) is 32.1 Å². The summed E-state index contributed by atoms with van der Waals surface area (Å²) in [4.78, 5) is 18.6. The smallest absolute Gasteiger partial charge is 0.238 e. The van der Waals surface area contributed by atoms with Crippen LogP contribution in [-0.2, 0) is 4.79 Å². The van der Waals surface area contributed by atoms with E-state index in [0.717, 1.165) is 24.0 Å². The molecule has 112 valence electrons. The lowest BCUT2D eigenvalue weighted by Gasteiger charge is -2.17. The average Bonchev–Trinajstić information content (AvgIpc) is 2.52. The van der Waals surface area contributed by atoms with Gasteiger partial charge in [-0.15, -0.1) is 0 Å². The molecule has 0 fully saturated rings. The van der Waals surface area contributed by atoms with E-state index < -0.39 is 0 Å². The molecular weight excluding hydrogens is 266 g/mol. The fraction of sp³-hybridized carbons (Fsp3) is 0.375. The molecule has 0 aliphatic carbocycles. The standard InChI is InChI=1S/C16H21N3O2/c1-4-19(5-2)11-15(20)18-14-10-13(21-3)9-12-7-6-8-17-16(12)14/h6-10H,4-5,11H2,1-3H3,(H,18,20). The first-order valence-electron chi connectivity index (χ1n) is 7.12. The van der Waals surface area contributed by atoms with Crippen LogP contribution in [0.1, 0.15) is 13.8 Å². The Morgan fingerprint density at radius 1 is 1.33 bits per heavy atom. The number of ether oxygens (including phenoxy) is 1. The Kier molecular flexibility index (Phi) is 5.11. The highest BCUT2D eigenvalue weighted by atomic mass is 16.5. The molecule has 1 amide bonds. The van der Waals surface area contributed by atoms with Crippen molar-refractivity contribution in [1.82, 2.24) is 9.88 Å². The molecule has 1 aromatic carbocycles. The maximum atomic E-state index is 12.2. The Hall–Kier alpha value is -2.14. The number of benzene rings is 1. The number of pyridine rings is 1. The van der Waals surface area contributed by atoms with Crippen LogP contribution in [0, 0.1) is 0 Å². The van der Waals surface area contributed by atoms with Gasteiger partial charge in [0.1, 0.15) is 5.75 Å². The van der Waals surface area contributed by atoms with Gasteiger partial charge in [0.2, 0.25) is 5.91 Å². The molecular formula is C16H21N3O2. The molecule has 0 atom stereocenters. The molecule has 0 aliphatic heterocycles. The first-order valence-corrected chi connectivity index (χ1v) is 7.12. The number of anilines is 1. The van der Waals surface area contributed by atoms with E-state index in [1.54, 1.807) is 19.4 Å². The van der Waals surface area contributed by atoms with Gasteiger partial charge in [-0.25, -0.2) is 0 Å². The van der Waals surface area contributed by atoms with Gasteiger partial charge in [-0.05, 0) is 25.2 Å². The maximum absolute atomic E-state index is 12.2. The van der Waals surface area contributed by atoms with E-state index in [-0.39, 0.29) is 5.91 Å². The van der Waals surface area contributed by atoms with Crippen LogP contribution in [-0.4, -0.2) is 42.5 Å². The summed E-state index contributed by atoms with van der Waals surface area (Å²) in [6.07, 6.45) is 1.72. The van der Waals surface area contributed by atoms with Crippen LogP contribution in [0.15, 0.2) is 30.5 Å². The van der Waals surface area contributed by atoms with Gasteiger partial charge in [0.25, 0.3) is 0 Å². The maximum Gasteiger partial charge on any atom is 0.238 e. The Balaban J connectivity index is 2.26. The second-order valence-corrected chi connectivity index (χ2v) is 4.76. The van der Waals surface area contributed by atoms with Gasteiger partial charge in [-0.2, -0.15) is 0 Å². The van der Waals surface area contributed by atoms with Crippen molar-refractivity contribution >= 4 is 22.5 Å². The van der Waals surface area contributed by atoms with Gasteiger partial charge in [-0.3, -0.25) is 14.7 Å². The number of aromatic nitrogens is 1. The van der Waals surface area contributed by atoms with Gasteiger partial charge in [0, 0.05) is 17.6 Å². The zero-order chi connectivity index (χ0) is 15.2. The number of rotatable bonds is 6. The summed E-state index contributed by atoms with van der Waals surface area (Å²) in [5.41, 5.74) is 1.45. The van der Waals surface area contributed by atoms with Gasteiger partial charge in [0.05, 0.1) is 24.9 Å². The van der Waals surface area contributed by atoms with Gasteiger partial charge in [-0.1, -0.05) is 19.9 Å². The summed E-state index contributed by atoms with van der Waals surface area (Å²) in [5.74, 6) is 0.660. The van der Waals surface area contributed by atoms with Gasteiger partial charge >= 0.3 is 0 Å². The zero-order valence-electron chi connectivity index (χ0n) is 12.7. The number of hydrogen-bond donors (Lipinski definition) is 1. The number of amides is 1. The van der Waals surface area contributed by atoms with E-state index in [4.69, 9.17) is 4.74 Å². The highest BCUT2D eigenvalue weighted by Crippen LogP contribution is 2.27. The summed E-state index contributed by atoms with van der Waals surface area (Å²) in [6, 6.07) is 7.52. The van der Waals surface area contributed by atoms with E-state index in [9.17, 15) is 4.79 Å². The van der Waals surface area contributed by atoms with E-state index in [1.165, 1.54) is 0 Å². The second-order valence-electron chi connectivity index (χ2n) is 4.76. The Bertz CT molecular complexity index is 624. The van der Waals surface area contributed by atoms with Crippen molar-refractivity contribution < 1.29 is 9.53 Å². The minimum Gasteiger partial charge on any atom is -0.497 e. The van der Waals surface area contributed by atoms with Crippen LogP contribution >= 0.6 is 0 Å². The molecule has 0 bridgehead atoms. The third-order valence-electron chi connectivity index (χ3n) is 3.45. The lowest BCUT2D eigenvalue weighted by atomic mass is 10.1. The number of carbonyl (C=O) groups is 1. The predicted octanol–water partition coefficient (Wildman–Crippen LogP) is 2.52. The molecule has 1 N–H and O–H groups in total. The van der Waals surface area contributed by atoms with E-state index in [0.29, 0.717) is 18.0 Å². The second kappa shape index (κ2) is 7.04. The minimum atomic E-state index is -0.0427. The lowest BCUT2D eigenvalue weighted by Crippen LogP contribution is -2.33. The van der Waals surface area contributed by atoms with E-state index in [2.05, 4.69) is 15.2 Å². The van der Waals surface area contributed by atoms with Crippen LogP contribution in [0.25, 0.3) is 10.9 Å². The largest absolute Gasteiger partial charge is 0.497 e. The fourth-order valence-corrected chi connectivity index (χ4v) is 2.22. The summed E-state index contributed by atoms with van der Waals surface area (Å²) in [5, 5.41) is 3.88. The Morgan fingerprint density at radius 3 is 2.76 bits per heavy atom. The molecule has 2 rings (SSSR count). The normalized spacial score (nSPS) is 10.9. The van der Waals surface area contributed by atoms with Crippen molar-refractivity contribution in [3.8, 4) is 5.75 Å². The molecule has 0 unspecified atom stereocenters. The minimum absolute atomic E-state index is 0.0427. The number of hydrogen-bond acceptors (Lipinski definition) is 4. The van der Waals surface area contributed by atoms with Crippen molar-refractivity contribution in [1.29, 1.82) is 0 Å². The third-order valence-corrected chi connectivity index (χ3v) is 3.45. The van der Waals surface area contributed by atoms with Crippen molar-refractivity contribution in [2.24, 2.45) is 0 Å². The number of nitrogens with one attached hydrogen (secondary N) is 1. The van der Waals surface area contributed by atoms with Crippen molar-refractivity contribution in [3.63, 3.8) is 0 Å². The molecule has 0 saturated carbocycles. The highest BCUT2D eigenvalue weighted by Gasteiger charge is 2.11. The Labute approximate surface area is 124 Å². The van der Waals surface area contributed by atoms with Crippen LogP contribution in [0.4, 0.5) is 5.69 Å². The first kappa shape index (κ1) is 15.3. The van der Waals surface area contributed by atoms with Gasteiger partial charge in [0.15, 0.2) is 0 Å². The van der Waals surface area contributed by atoms with Crippen LogP contribution in [0.3, 0.4) is 0 Å². The number of carbonyl (C=O) groups excluding carboxylic acids is 1. The summed E-state index contributed by atoms with van der Waals surface area (Å²) < 4.78 is 5.28. The number of nitrogens with zero attached hydrogens (tertiary/aromatic N) is 2. The lowest BCUT2D eigenvalue weighted by molar-refractivity contribution is -0.117. The topological polar surface area (TPSA) is 54.5 Å². The quantitative estimate of drug-likeness (QED) is 0.887. The molecule has 1 aromatic heterocycles. The van der Waals surface area contributed by atoms with Crippen LogP contribution in [0.2, 0.25) is 0 Å². The van der Waals surface area contributed by atoms with Crippen LogP contribution in [0.5, 0.6) is 5.75 Å². The number of fused-ring (bicyclic) bond motifs is 1. The molecule has 5 heteroatoms. The van der Waals surface area contributed by atoms with Gasteiger partial charge < -0.3 is 10.1 Å². The van der Waals surface area contributed by atoms with Crippen LogP contribution < -0.4 is 10.1 Å². The average molecular weight is 287 g/mol. The molecule has 2 aromatic rings. The number of likely N-dealkylation sites (N-methyl/N-ethyl adjacent to an activating group) is 1. The molecule has 5 nitrogen and oxygen atoms in total. The highest BCUT2D eigenvalue weighted by molar-refractivity contribution is 6.01. The van der Waals surface area contributed by atoms with E-state index >= 15 is 0 Å². The molecule has 0 radical (unpaired) electrons. The van der Waals surface area contributed by atoms with Crippen molar-refractivity contribution in [2.45, 2.75) is 13.8 Å². The molecule has 0 saturated heterocycles. The third kappa shape index (κ3) is 3.70. The zero-order valence-corrected chi connectivity index (χ0v) is 12.7. The molecule has 1 heterocycles. The van der Waals surface area contributed by atoms with Crippen molar-refractivity contribution in [3.05, 3.63) is 30.5 Å². The summed E-state index contributed by atoms with van der Waals surface area (Å²) >= 11 is 0. The SMILES string of the molecule is CCN(CC)CC(=O)Nc1cc(OC)cc2cccnc12. The molecule has 0 spiro atoms. The number of methoxy groups -OCH3 is 1. The summed E-state index contributed by atoms with van der Waals surface area (Å²) in [7, 11) is 1.61. The Morgan fingerprint density at radius 2 is 2.10 bits per heavy atom. The van der Waals surface area contributed by atoms with E-state index in [1.807, 2.05) is 32.0 Å².